The summed E-state index contributed by atoms with van der Waals surface area (Å²) < 4.78 is 4.93. The van der Waals surface area contributed by atoms with Crippen LogP contribution in [0.2, 0.25) is 0 Å². The fraction of sp³-hybridized carbons (Fsp3) is 0.133. The fourth-order valence-corrected chi connectivity index (χ4v) is 2.88. The minimum atomic E-state index is -0.222. The van der Waals surface area contributed by atoms with E-state index in [4.69, 9.17) is 4.52 Å². The van der Waals surface area contributed by atoms with Gasteiger partial charge in [0.2, 0.25) is 0 Å². The van der Waals surface area contributed by atoms with Gasteiger partial charge in [0, 0.05) is 11.6 Å². The van der Waals surface area contributed by atoms with Crippen LogP contribution in [-0.4, -0.2) is 16.0 Å². The number of thiazole rings is 1. The Hall–Kier alpha value is -2.47. The molecule has 3 aromatic rings. The molecule has 0 aliphatic rings. The molecule has 6 heteroatoms. The van der Waals surface area contributed by atoms with Crippen molar-refractivity contribution in [3.63, 3.8) is 0 Å². The number of hydrogen-bond donors (Lipinski definition) is 1. The Labute approximate surface area is 125 Å². The molecule has 0 unspecified atom stereocenters. The predicted molar refractivity (Wildman–Crippen MR) is 81.5 cm³/mol. The van der Waals surface area contributed by atoms with E-state index in [1.807, 2.05) is 37.3 Å². The molecule has 1 N–H and O–H groups in total. The molecule has 0 aliphatic carbocycles. The summed E-state index contributed by atoms with van der Waals surface area (Å²) in [5.41, 5.74) is 1.71. The number of rotatable bonds is 3. The summed E-state index contributed by atoms with van der Waals surface area (Å²) in [5.74, 6) is 0.836. The average molecular weight is 299 g/mol. The first-order valence-electron chi connectivity index (χ1n) is 6.41. The summed E-state index contributed by atoms with van der Waals surface area (Å²) in [6, 6.07) is 11.5. The largest absolute Gasteiger partial charge is 0.360 e. The molecule has 2 heterocycles. The SMILES string of the molecule is Cc1cc(NC(=O)c2sc(-c3ccccc3)nc2C)no1. The molecule has 21 heavy (non-hydrogen) atoms. The lowest BCUT2D eigenvalue weighted by atomic mass is 10.2. The van der Waals surface area contributed by atoms with Crippen LogP contribution >= 0.6 is 11.3 Å². The first kappa shape index (κ1) is 13.5. The fourth-order valence-electron chi connectivity index (χ4n) is 1.91. The molecule has 1 aromatic carbocycles. The summed E-state index contributed by atoms with van der Waals surface area (Å²) in [6.45, 7) is 3.60. The minimum absolute atomic E-state index is 0.222. The highest BCUT2D eigenvalue weighted by molar-refractivity contribution is 7.17. The number of anilines is 1. The van der Waals surface area contributed by atoms with Gasteiger partial charge in [-0.2, -0.15) is 0 Å². The molecule has 5 nitrogen and oxygen atoms in total. The highest BCUT2D eigenvalue weighted by atomic mass is 32.1. The first-order chi connectivity index (χ1) is 10.1. The third-order valence-electron chi connectivity index (χ3n) is 2.89. The lowest BCUT2D eigenvalue weighted by Gasteiger charge is -1.98. The van der Waals surface area contributed by atoms with Crippen molar-refractivity contribution in [1.82, 2.24) is 10.1 Å². The molecular formula is C15H13N3O2S. The third-order valence-corrected chi connectivity index (χ3v) is 4.10. The molecule has 0 saturated carbocycles. The van der Waals surface area contributed by atoms with Gasteiger partial charge in [-0.3, -0.25) is 4.79 Å². The van der Waals surface area contributed by atoms with Crippen molar-refractivity contribution in [3.05, 3.63) is 52.7 Å². The maximum Gasteiger partial charge on any atom is 0.268 e. The monoisotopic (exact) mass is 299 g/mol. The molecule has 0 bridgehead atoms. The maximum absolute atomic E-state index is 12.3. The van der Waals surface area contributed by atoms with Crippen LogP contribution in [0.15, 0.2) is 40.9 Å². The van der Waals surface area contributed by atoms with Crippen LogP contribution in [-0.2, 0) is 0 Å². The summed E-state index contributed by atoms with van der Waals surface area (Å²) in [7, 11) is 0. The smallest absolute Gasteiger partial charge is 0.268 e. The van der Waals surface area contributed by atoms with Gasteiger partial charge in [-0.05, 0) is 13.8 Å². The van der Waals surface area contributed by atoms with Crippen molar-refractivity contribution in [2.24, 2.45) is 0 Å². The van der Waals surface area contributed by atoms with E-state index in [0.717, 1.165) is 10.6 Å². The third kappa shape index (κ3) is 2.85. The number of carbonyl (C=O) groups excluding carboxylic acids is 1. The van der Waals surface area contributed by atoms with Gasteiger partial charge in [-0.15, -0.1) is 11.3 Å². The van der Waals surface area contributed by atoms with Crippen LogP contribution in [0.3, 0.4) is 0 Å². The first-order valence-corrected chi connectivity index (χ1v) is 7.22. The summed E-state index contributed by atoms with van der Waals surface area (Å²) in [6.07, 6.45) is 0. The van der Waals surface area contributed by atoms with Crippen molar-refractivity contribution in [1.29, 1.82) is 0 Å². The van der Waals surface area contributed by atoms with Crippen molar-refractivity contribution in [2.75, 3.05) is 5.32 Å². The van der Waals surface area contributed by atoms with Crippen LogP contribution in [0.5, 0.6) is 0 Å². The van der Waals surface area contributed by atoms with Crippen molar-refractivity contribution < 1.29 is 9.32 Å². The molecule has 3 rings (SSSR count). The number of aromatic nitrogens is 2. The quantitative estimate of drug-likeness (QED) is 0.801. The van der Waals surface area contributed by atoms with E-state index in [0.29, 0.717) is 22.1 Å². The highest BCUT2D eigenvalue weighted by Gasteiger charge is 2.17. The lowest BCUT2D eigenvalue weighted by Crippen LogP contribution is -2.11. The molecule has 2 aromatic heterocycles. The Bertz CT molecular complexity index is 777. The number of hydrogen-bond acceptors (Lipinski definition) is 5. The molecule has 0 atom stereocenters. The number of aryl methyl sites for hydroxylation is 2. The Balaban J connectivity index is 1.86. The number of carbonyl (C=O) groups is 1. The topological polar surface area (TPSA) is 68.0 Å². The second-order valence-electron chi connectivity index (χ2n) is 4.58. The lowest BCUT2D eigenvalue weighted by molar-refractivity contribution is 0.102. The van der Waals surface area contributed by atoms with Crippen molar-refractivity contribution in [3.8, 4) is 10.6 Å². The van der Waals surface area contributed by atoms with Gasteiger partial charge in [0.25, 0.3) is 5.91 Å². The van der Waals surface area contributed by atoms with Crippen LogP contribution in [0.1, 0.15) is 21.1 Å². The number of nitrogens with one attached hydrogen (secondary N) is 1. The van der Waals surface area contributed by atoms with E-state index in [-0.39, 0.29) is 5.91 Å². The van der Waals surface area contributed by atoms with Crippen LogP contribution in [0.4, 0.5) is 5.82 Å². The summed E-state index contributed by atoms with van der Waals surface area (Å²) >= 11 is 1.37. The predicted octanol–water partition coefficient (Wildman–Crippen LogP) is 3.67. The van der Waals surface area contributed by atoms with Gasteiger partial charge in [0.15, 0.2) is 5.82 Å². The Morgan fingerprint density at radius 3 is 2.67 bits per heavy atom. The second kappa shape index (κ2) is 5.49. The number of benzene rings is 1. The summed E-state index contributed by atoms with van der Waals surface area (Å²) in [5, 5.41) is 7.29. The molecular weight excluding hydrogens is 286 g/mol. The average Bonchev–Trinajstić information content (AvgIpc) is 3.06. The van der Waals surface area contributed by atoms with Crippen LogP contribution in [0.25, 0.3) is 10.6 Å². The molecule has 0 fully saturated rings. The molecule has 0 spiro atoms. The zero-order valence-electron chi connectivity index (χ0n) is 11.6. The van der Waals surface area contributed by atoms with E-state index >= 15 is 0 Å². The maximum atomic E-state index is 12.3. The summed E-state index contributed by atoms with van der Waals surface area (Å²) in [4.78, 5) is 17.3. The molecule has 0 radical (unpaired) electrons. The zero-order valence-corrected chi connectivity index (χ0v) is 12.4. The highest BCUT2D eigenvalue weighted by Crippen LogP contribution is 2.28. The van der Waals surface area contributed by atoms with Gasteiger partial charge in [0.1, 0.15) is 15.6 Å². The standard InChI is InChI=1S/C15H13N3O2S/c1-9-8-12(18-20-9)17-14(19)13-10(2)16-15(21-13)11-6-4-3-5-7-11/h3-8H,1-2H3,(H,17,18,19). The number of nitrogens with zero attached hydrogens (tertiary/aromatic N) is 2. The minimum Gasteiger partial charge on any atom is -0.360 e. The Kier molecular flexibility index (Phi) is 3.53. The van der Waals surface area contributed by atoms with E-state index < -0.39 is 0 Å². The van der Waals surface area contributed by atoms with Crippen molar-refractivity contribution in [2.45, 2.75) is 13.8 Å². The van der Waals surface area contributed by atoms with Crippen LogP contribution in [0, 0.1) is 13.8 Å². The van der Waals surface area contributed by atoms with Gasteiger partial charge < -0.3 is 9.84 Å². The van der Waals surface area contributed by atoms with Crippen molar-refractivity contribution >= 4 is 23.1 Å². The zero-order chi connectivity index (χ0) is 14.8. The van der Waals surface area contributed by atoms with E-state index in [9.17, 15) is 4.79 Å². The molecule has 1 amide bonds. The van der Waals surface area contributed by atoms with Gasteiger partial charge in [0.05, 0.1) is 5.69 Å². The van der Waals surface area contributed by atoms with Gasteiger partial charge in [-0.1, -0.05) is 35.5 Å². The normalized spacial score (nSPS) is 10.6. The van der Waals surface area contributed by atoms with E-state index in [1.54, 1.807) is 13.0 Å². The second-order valence-corrected chi connectivity index (χ2v) is 5.58. The Morgan fingerprint density at radius 1 is 1.24 bits per heavy atom. The van der Waals surface area contributed by atoms with E-state index in [2.05, 4.69) is 15.5 Å². The van der Waals surface area contributed by atoms with E-state index in [1.165, 1.54) is 11.3 Å². The van der Waals surface area contributed by atoms with Gasteiger partial charge >= 0.3 is 0 Å². The molecule has 106 valence electrons. The number of amides is 1. The van der Waals surface area contributed by atoms with Gasteiger partial charge in [-0.25, -0.2) is 4.98 Å². The molecule has 0 saturated heterocycles. The van der Waals surface area contributed by atoms with Crippen LogP contribution < -0.4 is 5.32 Å². The Morgan fingerprint density at radius 2 is 2.00 bits per heavy atom. The molecule has 0 aliphatic heterocycles.